The van der Waals surface area contributed by atoms with E-state index in [1.54, 1.807) is 22.2 Å². The fourth-order valence-corrected chi connectivity index (χ4v) is 2.54. The van der Waals surface area contributed by atoms with Gasteiger partial charge in [0.15, 0.2) is 0 Å². The number of carbonyl (C=O) groups excluding carboxylic acids is 1. The van der Waals surface area contributed by atoms with Gasteiger partial charge in [0, 0.05) is 17.8 Å². The lowest BCUT2D eigenvalue weighted by atomic mass is 10.3. The number of hydrogen-bond acceptors (Lipinski definition) is 4. The number of rotatable bonds is 3. The van der Waals surface area contributed by atoms with Gasteiger partial charge < -0.3 is 10.1 Å². The van der Waals surface area contributed by atoms with E-state index in [1.807, 2.05) is 17.5 Å². The first-order valence-electron chi connectivity index (χ1n) is 5.84. The molecule has 0 aromatic carbocycles. The maximum Gasteiger partial charge on any atom is 0.258 e. The number of carbonyl (C=O) groups is 1. The van der Waals surface area contributed by atoms with E-state index in [-0.39, 0.29) is 5.91 Å². The number of nitrogens with zero attached hydrogens (tertiary/aromatic N) is 2. The van der Waals surface area contributed by atoms with Gasteiger partial charge in [-0.05, 0) is 11.4 Å². The van der Waals surface area contributed by atoms with Gasteiger partial charge in [-0.1, -0.05) is 6.07 Å². The van der Waals surface area contributed by atoms with Crippen LogP contribution in [0.1, 0.15) is 21.7 Å². The average Bonchev–Trinajstić information content (AvgIpc) is 3.05. The highest BCUT2D eigenvalue weighted by Crippen LogP contribution is 2.22. The highest BCUT2D eigenvalue weighted by Gasteiger charge is 2.21. The van der Waals surface area contributed by atoms with Gasteiger partial charge >= 0.3 is 0 Å². The highest BCUT2D eigenvalue weighted by molar-refractivity contribution is 7.09. The van der Waals surface area contributed by atoms with Gasteiger partial charge in [0.2, 0.25) is 5.88 Å². The summed E-state index contributed by atoms with van der Waals surface area (Å²) in [5, 5.41) is 9.02. The second-order valence-electron chi connectivity index (χ2n) is 4.05. The molecule has 0 radical (unpaired) electrons. The Bertz CT molecular complexity index is 548. The van der Waals surface area contributed by atoms with Gasteiger partial charge in [-0.3, -0.25) is 4.79 Å². The minimum absolute atomic E-state index is 0.133. The normalized spacial score (nSPS) is 13.8. The van der Waals surface area contributed by atoms with Crippen LogP contribution in [0.4, 0.5) is 0 Å². The van der Waals surface area contributed by atoms with E-state index in [0.29, 0.717) is 24.6 Å². The van der Waals surface area contributed by atoms with Gasteiger partial charge in [-0.15, -0.1) is 11.3 Å². The summed E-state index contributed by atoms with van der Waals surface area (Å²) in [5.74, 6) is 0.455. The number of ether oxygens (including phenoxy) is 1. The number of aryl methyl sites for hydroxylation is 1. The predicted octanol–water partition coefficient (Wildman–Crippen LogP) is 1.66. The van der Waals surface area contributed by atoms with Crippen LogP contribution in [0.3, 0.4) is 0 Å². The van der Waals surface area contributed by atoms with Gasteiger partial charge in [0.05, 0.1) is 19.3 Å². The highest BCUT2D eigenvalue weighted by atomic mass is 32.1. The van der Waals surface area contributed by atoms with E-state index >= 15 is 0 Å². The molecule has 0 atom stereocenters. The monoisotopic (exact) mass is 263 g/mol. The van der Waals surface area contributed by atoms with Crippen LogP contribution in [0.2, 0.25) is 0 Å². The summed E-state index contributed by atoms with van der Waals surface area (Å²) in [6.07, 6.45) is 2.51. The Balaban J connectivity index is 1.70. The molecule has 18 heavy (non-hydrogen) atoms. The minimum Gasteiger partial charge on any atom is -0.477 e. The second-order valence-corrected chi connectivity index (χ2v) is 5.08. The number of nitrogens with one attached hydrogen (secondary N) is 1. The van der Waals surface area contributed by atoms with E-state index in [2.05, 4.69) is 10.4 Å². The van der Waals surface area contributed by atoms with Crippen molar-refractivity contribution in [3.05, 3.63) is 34.2 Å². The van der Waals surface area contributed by atoms with Crippen molar-refractivity contribution in [2.75, 3.05) is 6.61 Å². The predicted molar refractivity (Wildman–Crippen MR) is 67.8 cm³/mol. The van der Waals surface area contributed by atoms with Crippen LogP contribution in [0.5, 0.6) is 5.88 Å². The summed E-state index contributed by atoms with van der Waals surface area (Å²) < 4.78 is 7.23. The molecule has 0 saturated carbocycles. The van der Waals surface area contributed by atoms with Crippen LogP contribution in [-0.2, 0) is 13.1 Å². The molecule has 0 saturated heterocycles. The largest absolute Gasteiger partial charge is 0.477 e. The fourth-order valence-electron chi connectivity index (χ4n) is 1.90. The Morgan fingerprint density at radius 2 is 2.56 bits per heavy atom. The van der Waals surface area contributed by atoms with E-state index in [1.165, 1.54) is 0 Å². The number of aromatic nitrogens is 2. The third-order valence-corrected chi connectivity index (χ3v) is 3.67. The Kier molecular flexibility index (Phi) is 3.02. The Morgan fingerprint density at radius 1 is 1.61 bits per heavy atom. The van der Waals surface area contributed by atoms with Crippen molar-refractivity contribution in [1.29, 1.82) is 0 Å². The van der Waals surface area contributed by atoms with Gasteiger partial charge in [0.25, 0.3) is 5.91 Å². The average molecular weight is 263 g/mol. The van der Waals surface area contributed by atoms with E-state index in [4.69, 9.17) is 4.74 Å². The molecule has 1 aliphatic rings. The van der Waals surface area contributed by atoms with Gasteiger partial charge in [0.1, 0.15) is 5.56 Å². The molecule has 0 bridgehead atoms. The van der Waals surface area contributed by atoms with E-state index in [0.717, 1.165) is 17.8 Å². The SMILES string of the molecule is O=C(NCc1cccs1)c1cnn2c1OCCC2. The first kappa shape index (κ1) is 11.3. The van der Waals surface area contributed by atoms with E-state index in [9.17, 15) is 4.79 Å². The van der Waals surface area contributed by atoms with Gasteiger partial charge in [-0.25, -0.2) is 4.68 Å². The molecular formula is C12H13N3O2S. The molecule has 0 spiro atoms. The van der Waals surface area contributed by atoms with Crippen molar-refractivity contribution in [3.63, 3.8) is 0 Å². The fraction of sp³-hybridized carbons (Fsp3) is 0.333. The maximum absolute atomic E-state index is 12.0. The molecule has 6 heteroatoms. The third-order valence-electron chi connectivity index (χ3n) is 2.79. The summed E-state index contributed by atoms with van der Waals surface area (Å²) in [5.41, 5.74) is 0.520. The molecular weight excluding hydrogens is 250 g/mol. The molecule has 3 heterocycles. The molecule has 2 aromatic heterocycles. The molecule has 3 rings (SSSR count). The molecule has 0 fully saturated rings. The molecule has 1 N–H and O–H groups in total. The molecule has 1 amide bonds. The molecule has 94 valence electrons. The van der Waals surface area contributed by atoms with Crippen molar-refractivity contribution in [2.45, 2.75) is 19.5 Å². The Morgan fingerprint density at radius 3 is 3.39 bits per heavy atom. The van der Waals surface area contributed by atoms with Crippen LogP contribution in [-0.4, -0.2) is 22.3 Å². The van der Waals surface area contributed by atoms with Crippen LogP contribution >= 0.6 is 11.3 Å². The van der Waals surface area contributed by atoms with Gasteiger partial charge in [-0.2, -0.15) is 5.10 Å². The maximum atomic E-state index is 12.0. The standard InChI is InChI=1S/C12H13N3O2S/c16-11(13-7-9-3-1-6-18-9)10-8-14-15-4-2-5-17-12(10)15/h1,3,6,8H,2,4-5,7H2,(H,13,16). The lowest BCUT2D eigenvalue weighted by Crippen LogP contribution is -2.24. The zero-order valence-corrected chi connectivity index (χ0v) is 10.6. The Labute approximate surface area is 108 Å². The number of fused-ring (bicyclic) bond motifs is 1. The van der Waals surface area contributed by atoms with Crippen molar-refractivity contribution in [3.8, 4) is 5.88 Å². The molecule has 2 aromatic rings. The third kappa shape index (κ3) is 2.11. The van der Waals surface area contributed by atoms with Crippen molar-refractivity contribution >= 4 is 17.2 Å². The Hall–Kier alpha value is -1.82. The number of amides is 1. The van der Waals surface area contributed by atoms with Crippen LogP contribution in [0, 0.1) is 0 Å². The minimum atomic E-state index is -0.133. The number of hydrogen-bond donors (Lipinski definition) is 1. The van der Waals surface area contributed by atoms with Crippen molar-refractivity contribution in [1.82, 2.24) is 15.1 Å². The summed E-state index contributed by atoms with van der Waals surface area (Å²) in [7, 11) is 0. The first-order chi connectivity index (χ1) is 8.84. The molecule has 5 nitrogen and oxygen atoms in total. The molecule has 0 aliphatic carbocycles. The topological polar surface area (TPSA) is 56.2 Å². The lowest BCUT2D eigenvalue weighted by molar-refractivity contribution is 0.0944. The van der Waals surface area contributed by atoms with E-state index < -0.39 is 0 Å². The van der Waals surface area contributed by atoms with Crippen LogP contribution in [0.15, 0.2) is 23.7 Å². The number of thiophene rings is 1. The molecule has 0 unspecified atom stereocenters. The summed E-state index contributed by atoms with van der Waals surface area (Å²) in [6, 6.07) is 3.96. The first-order valence-corrected chi connectivity index (χ1v) is 6.72. The summed E-state index contributed by atoms with van der Waals surface area (Å²) >= 11 is 1.62. The van der Waals surface area contributed by atoms with Crippen LogP contribution in [0.25, 0.3) is 0 Å². The lowest BCUT2D eigenvalue weighted by Gasteiger charge is -2.15. The van der Waals surface area contributed by atoms with Crippen molar-refractivity contribution in [2.24, 2.45) is 0 Å². The van der Waals surface area contributed by atoms with Crippen molar-refractivity contribution < 1.29 is 9.53 Å². The smallest absolute Gasteiger partial charge is 0.258 e. The summed E-state index contributed by atoms with van der Waals surface area (Å²) in [6.45, 7) is 2.01. The summed E-state index contributed by atoms with van der Waals surface area (Å²) in [4.78, 5) is 13.2. The zero-order chi connectivity index (χ0) is 12.4. The quantitative estimate of drug-likeness (QED) is 0.916. The second kappa shape index (κ2) is 4.81. The van der Waals surface area contributed by atoms with Crippen LogP contribution < -0.4 is 10.1 Å². The zero-order valence-electron chi connectivity index (χ0n) is 9.76. The molecule has 1 aliphatic heterocycles.